The number of aliphatic hydroxyl groups excluding tert-OH is 1. The molecule has 120 valence electrons. The fourth-order valence-electron chi connectivity index (χ4n) is 2.14. The van der Waals surface area contributed by atoms with Crippen molar-refractivity contribution in [2.24, 2.45) is 0 Å². The number of hydrogen-bond donors (Lipinski definition) is 1. The molecule has 8 heteroatoms. The van der Waals surface area contributed by atoms with Crippen molar-refractivity contribution in [1.29, 1.82) is 0 Å². The molecule has 2 rings (SSSR count). The molecule has 0 aliphatic carbocycles. The van der Waals surface area contributed by atoms with Crippen LogP contribution in [0.4, 0.5) is 8.78 Å². The van der Waals surface area contributed by atoms with Gasteiger partial charge in [0.05, 0.1) is 28.9 Å². The van der Waals surface area contributed by atoms with Crippen LogP contribution in [-0.2, 0) is 15.6 Å². The Morgan fingerprint density at radius 1 is 1.27 bits per heavy atom. The van der Waals surface area contributed by atoms with Crippen molar-refractivity contribution in [2.45, 2.75) is 25.7 Å². The summed E-state index contributed by atoms with van der Waals surface area (Å²) in [5.41, 5.74) is 0.165. The molecule has 0 saturated carbocycles. The van der Waals surface area contributed by atoms with Gasteiger partial charge in [-0.05, 0) is 26.0 Å². The van der Waals surface area contributed by atoms with Gasteiger partial charge in [0.1, 0.15) is 17.4 Å². The first-order valence-corrected chi connectivity index (χ1v) is 8.27. The maximum absolute atomic E-state index is 13.6. The van der Waals surface area contributed by atoms with E-state index >= 15 is 0 Å². The predicted molar refractivity (Wildman–Crippen MR) is 74.8 cm³/mol. The molecule has 22 heavy (non-hydrogen) atoms. The summed E-state index contributed by atoms with van der Waals surface area (Å²) in [6.07, 6.45) is -1.79. The predicted octanol–water partition coefficient (Wildman–Crippen LogP) is 2.22. The van der Waals surface area contributed by atoms with Gasteiger partial charge in [0.2, 0.25) is 0 Å². The van der Waals surface area contributed by atoms with Gasteiger partial charge >= 0.3 is 0 Å². The first-order chi connectivity index (χ1) is 10.2. The summed E-state index contributed by atoms with van der Waals surface area (Å²) in [5.74, 6) is -2.83. The molecule has 1 aromatic carbocycles. The smallest absolute Gasteiger partial charge is 0.157 e. The Bertz CT molecular complexity index is 746. The fraction of sp³-hybridized carbons (Fsp3) is 0.357. The van der Waals surface area contributed by atoms with Crippen LogP contribution < -0.4 is 0 Å². The average Bonchev–Trinajstić information content (AvgIpc) is 2.69. The van der Waals surface area contributed by atoms with Crippen LogP contribution in [0.3, 0.4) is 0 Å². The Kier molecular flexibility index (Phi) is 4.62. The van der Waals surface area contributed by atoms with Crippen molar-refractivity contribution in [3.63, 3.8) is 0 Å². The third-order valence-electron chi connectivity index (χ3n) is 3.29. The van der Waals surface area contributed by atoms with Crippen molar-refractivity contribution < 1.29 is 26.8 Å². The van der Waals surface area contributed by atoms with Crippen molar-refractivity contribution in [3.8, 4) is 0 Å². The summed E-state index contributed by atoms with van der Waals surface area (Å²) in [6.45, 7) is 3.16. The van der Waals surface area contributed by atoms with Crippen LogP contribution in [0.25, 0.3) is 0 Å². The third-order valence-corrected chi connectivity index (χ3v) is 4.84. The zero-order valence-electron chi connectivity index (χ0n) is 12.0. The zero-order chi connectivity index (χ0) is 16.5. The minimum absolute atomic E-state index is 0.354. The van der Waals surface area contributed by atoms with Gasteiger partial charge in [-0.3, -0.25) is 0 Å². The number of aliphatic hydroxyl groups is 1. The van der Waals surface area contributed by atoms with Gasteiger partial charge in [-0.1, -0.05) is 11.2 Å². The largest absolute Gasteiger partial charge is 0.387 e. The quantitative estimate of drug-likeness (QED) is 0.908. The molecule has 2 aromatic rings. The molecule has 0 bridgehead atoms. The zero-order valence-corrected chi connectivity index (χ0v) is 12.8. The number of aryl methyl sites for hydroxylation is 2. The Hall–Kier alpha value is -1.80. The van der Waals surface area contributed by atoms with Crippen LogP contribution in [0.5, 0.6) is 0 Å². The van der Waals surface area contributed by atoms with Gasteiger partial charge < -0.3 is 9.63 Å². The minimum atomic E-state index is -3.81. The molecule has 0 aliphatic heterocycles. The van der Waals surface area contributed by atoms with Crippen LogP contribution in [0.1, 0.15) is 28.7 Å². The SMILES string of the molecule is Cc1noc(C)c1CS(=O)(=O)CC(O)c1c(F)cccc1F. The lowest BCUT2D eigenvalue weighted by Crippen LogP contribution is -2.18. The number of benzene rings is 1. The molecule has 0 amide bonds. The van der Waals surface area contributed by atoms with Crippen molar-refractivity contribution >= 4 is 9.84 Å². The van der Waals surface area contributed by atoms with Crippen LogP contribution in [0.15, 0.2) is 22.7 Å². The molecule has 0 spiro atoms. The molecule has 0 fully saturated rings. The maximum atomic E-state index is 13.6. The van der Waals surface area contributed by atoms with Crippen molar-refractivity contribution in [1.82, 2.24) is 5.16 Å². The van der Waals surface area contributed by atoms with Gasteiger partial charge in [0, 0.05) is 5.56 Å². The highest BCUT2D eigenvalue weighted by Gasteiger charge is 2.26. The summed E-state index contributed by atoms with van der Waals surface area (Å²) < 4.78 is 56.3. The molecule has 1 heterocycles. The molecule has 0 radical (unpaired) electrons. The van der Waals surface area contributed by atoms with Crippen LogP contribution >= 0.6 is 0 Å². The molecule has 1 atom stereocenters. The number of sulfone groups is 1. The maximum Gasteiger partial charge on any atom is 0.157 e. The summed E-state index contributed by atoms with van der Waals surface area (Å²) in [7, 11) is -3.81. The Labute approximate surface area is 126 Å². The number of halogens is 2. The summed E-state index contributed by atoms with van der Waals surface area (Å²) in [5, 5.41) is 13.5. The molecule has 5 nitrogen and oxygen atoms in total. The average molecular weight is 331 g/mol. The number of aromatic nitrogens is 1. The molecule has 1 aromatic heterocycles. The first-order valence-electron chi connectivity index (χ1n) is 6.45. The summed E-state index contributed by atoms with van der Waals surface area (Å²) in [4.78, 5) is 0. The van der Waals surface area contributed by atoms with Gasteiger partial charge in [-0.25, -0.2) is 17.2 Å². The Morgan fingerprint density at radius 2 is 1.86 bits per heavy atom. The Morgan fingerprint density at radius 3 is 2.36 bits per heavy atom. The van der Waals surface area contributed by atoms with Gasteiger partial charge in [0.25, 0.3) is 0 Å². The molecular formula is C14H15F2NO4S. The lowest BCUT2D eigenvalue weighted by molar-refractivity contribution is 0.191. The molecule has 0 aliphatic rings. The molecular weight excluding hydrogens is 316 g/mol. The number of nitrogens with zero attached hydrogens (tertiary/aromatic N) is 1. The highest BCUT2D eigenvalue weighted by atomic mass is 32.2. The van der Waals surface area contributed by atoms with E-state index in [4.69, 9.17) is 4.52 Å². The normalized spacial score (nSPS) is 13.3. The van der Waals surface area contributed by atoms with Gasteiger partial charge in [-0.15, -0.1) is 0 Å². The summed E-state index contributed by atoms with van der Waals surface area (Å²) >= 11 is 0. The van der Waals surface area contributed by atoms with E-state index in [-0.39, 0.29) is 0 Å². The lowest BCUT2D eigenvalue weighted by atomic mass is 10.1. The van der Waals surface area contributed by atoms with Crippen molar-refractivity contribution in [2.75, 3.05) is 5.75 Å². The highest BCUT2D eigenvalue weighted by molar-refractivity contribution is 7.90. The fourth-order valence-corrected chi connectivity index (χ4v) is 3.76. The minimum Gasteiger partial charge on any atom is -0.387 e. The standard InChI is InChI=1S/C14H15F2NO4S/c1-8-10(9(2)21-17-8)6-22(19,20)7-13(18)14-11(15)4-3-5-12(14)16/h3-5,13,18H,6-7H2,1-2H3. The molecule has 1 N–H and O–H groups in total. The van der Waals surface area contributed by atoms with Crippen LogP contribution in [0.2, 0.25) is 0 Å². The topological polar surface area (TPSA) is 80.4 Å². The first kappa shape index (κ1) is 16.6. The van der Waals surface area contributed by atoms with E-state index in [0.717, 1.165) is 18.2 Å². The molecule has 1 unspecified atom stereocenters. The number of hydrogen-bond acceptors (Lipinski definition) is 5. The van der Waals surface area contributed by atoms with E-state index in [9.17, 15) is 22.3 Å². The molecule has 0 saturated heterocycles. The van der Waals surface area contributed by atoms with Crippen LogP contribution in [0, 0.1) is 25.5 Å². The second-order valence-electron chi connectivity index (χ2n) is 5.01. The van der Waals surface area contributed by atoms with Crippen LogP contribution in [-0.4, -0.2) is 24.4 Å². The second kappa shape index (κ2) is 6.13. The third kappa shape index (κ3) is 3.50. The van der Waals surface area contributed by atoms with E-state index in [2.05, 4.69) is 5.16 Å². The number of rotatable bonds is 5. The highest BCUT2D eigenvalue weighted by Crippen LogP contribution is 2.24. The van der Waals surface area contributed by atoms with Gasteiger partial charge in [-0.2, -0.15) is 0 Å². The van der Waals surface area contributed by atoms with E-state index in [1.165, 1.54) is 0 Å². The monoisotopic (exact) mass is 331 g/mol. The summed E-state index contributed by atoms with van der Waals surface area (Å²) in [6, 6.07) is 3.06. The lowest BCUT2D eigenvalue weighted by Gasteiger charge is -2.13. The van der Waals surface area contributed by atoms with E-state index in [0.29, 0.717) is 17.0 Å². The van der Waals surface area contributed by atoms with E-state index in [1.54, 1.807) is 13.8 Å². The Balaban J connectivity index is 2.22. The van der Waals surface area contributed by atoms with E-state index in [1.807, 2.05) is 0 Å². The van der Waals surface area contributed by atoms with Gasteiger partial charge in [0.15, 0.2) is 9.84 Å². The van der Waals surface area contributed by atoms with E-state index < -0.39 is 44.6 Å². The van der Waals surface area contributed by atoms with Crippen molar-refractivity contribution in [3.05, 3.63) is 52.4 Å². The second-order valence-corrected chi connectivity index (χ2v) is 7.12.